The number of nitriles is 1. The van der Waals surface area contributed by atoms with Crippen LogP contribution in [0.25, 0.3) is 0 Å². The summed E-state index contributed by atoms with van der Waals surface area (Å²) in [5.41, 5.74) is -0.0331. The molecule has 3 saturated carbocycles. The summed E-state index contributed by atoms with van der Waals surface area (Å²) in [5, 5.41) is 8.84. The Morgan fingerprint density at radius 2 is 1.42 bits per heavy atom. The Labute approximate surface area is 199 Å². The van der Waals surface area contributed by atoms with Gasteiger partial charge in [0, 0.05) is 6.07 Å². The van der Waals surface area contributed by atoms with E-state index in [1.807, 2.05) is 0 Å². The van der Waals surface area contributed by atoms with Crippen molar-refractivity contribution >= 4 is 5.97 Å². The second-order valence-electron chi connectivity index (χ2n) is 11.0. The van der Waals surface area contributed by atoms with E-state index in [-0.39, 0.29) is 23.2 Å². The van der Waals surface area contributed by atoms with Crippen LogP contribution in [-0.2, 0) is 4.79 Å². The molecule has 0 heterocycles. The summed E-state index contributed by atoms with van der Waals surface area (Å²) in [5.74, 6) is 3.75. The fraction of sp³-hybridized carbons (Fsp3) is 0.724. The van der Waals surface area contributed by atoms with E-state index in [1.54, 1.807) is 6.07 Å². The minimum Gasteiger partial charge on any atom is -0.426 e. The molecule has 3 aliphatic rings. The molecule has 0 amide bonds. The van der Waals surface area contributed by atoms with Gasteiger partial charge in [0.15, 0.2) is 0 Å². The van der Waals surface area contributed by atoms with Crippen molar-refractivity contribution in [3.05, 3.63) is 29.6 Å². The summed E-state index contributed by atoms with van der Waals surface area (Å²) in [6, 6.07) is 5.79. The highest BCUT2D eigenvalue weighted by molar-refractivity contribution is 5.75. The second-order valence-corrected chi connectivity index (χ2v) is 11.0. The number of hydrogen-bond donors (Lipinski definition) is 0. The normalized spacial score (nSPS) is 32.6. The number of esters is 1. The Kier molecular flexibility index (Phi) is 8.45. The quantitative estimate of drug-likeness (QED) is 0.326. The van der Waals surface area contributed by atoms with E-state index in [1.165, 1.54) is 76.3 Å². The van der Waals surface area contributed by atoms with Gasteiger partial charge < -0.3 is 4.74 Å². The van der Waals surface area contributed by atoms with E-state index >= 15 is 0 Å². The summed E-state index contributed by atoms with van der Waals surface area (Å²) in [6.07, 6.45) is 18.2. The summed E-state index contributed by atoms with van der Waals surface area (Å²) in [6.45, 7) is 2.32. The topological polar surface area (TPSA) is 50.1 Å². The number of halogens is 1. The van der Waals surface area contributed by atoms with Gasteiger partial charge in [0.2, 0.25) is 0 Å². The highest BCUT2D eigenvalue weighted by atomic mass is 19.1. The Morgan fingerprint density at radius 3 is 1.91 bits per heavy atom. The molecule has 4 rings (SSSR count). The van der Waals surface area contributed by atoms with Gasteiger partial charge in [0.25, 0.3) is 0 Å². The number of nitrogens with zero attached hydrogens (tertiary/aromatic N) is 1. The average Bonchev–Trinajstić information content (AvgIpc) is 2.85. The Bertz CT molecular complexity index is 823. The van der Waals surface area contributed by atoms with Crippen molar-refractivity contribution in [2.45, 2.75) is 96.8 Å². The maximum absolute atomic E-state index is 13.8. The molecule has 0 aromatic heterocycles. The van der Waals surface area contributed by atoms with E-state index in [2.05, 4.69) is 6.92 Å². The lowest BCUT2D eigenvalue weighted by molar-refractivity contribution is -0.140. The number of rotatable bonds is 6. The highest BCUT2D eigenvalue weighted by Gasteiger charge is 2.36. The molecule has 33 heavy (non-hydrogen) atoms. The number of benzene rings is 1. The molecule has 0 atom stereocenters. The molecular formula is C29H40FNO2. The predicted octanol–water partition coefficient (Wildman–Crippen LogP) is 7.82. The van der Waals surface area contributed by atoms with Crippen molar-refractivity contribution in [3.8, 4) is 11.8 Å². The Balaban J connectivity index is 1.18. The van der Waals surface area contributed by atoms with E-state index in [0.29, 0.717) is 0 Å². The van der Waals surface area contributed by atoms with Gasteiger partial charge in [-0.1, -0.05) is 32.6 Å². The van der Waals surface area contributed by atoms with Crippen molar-refractivity contribution in [1.29, 1.82) is 5.26 Å². The molecule has 1 aromatic rings. The first-order valence-corrected chi connectivity index (χ1v) is 13.5. The van der Waals surface area contributed by atoms with E-state index in [0.717, 1.165) is 61.3 Å². The standard InChI is InChI=1S/C29H40FNO2/c1-2-3-20-4-6-21(7-5-20)22-8-10-23(11-9-22)24-12-14-25(15-13-24)29(32)33-27-17-16-26(19-31)28(30)18-27/h16-18,20-25H,2-15H2,1H3. The molecule has 0 spiro atoms. The molecule has 0 radical (unpaired) electrons. The number of hydrogen-bond acceptors (Lipinski definition) is 3. The van der Waals surface area contributed by atoms with Gasteiger partial charge in [0.05, 0.1) is 11.5 Å². The molecule has 0 saturated heterocycles. The van der Waals surface area contributed by atoms with Crippen LogP contribution in [-0.4, -0.2) is 5.97 Å². The van der Waals surface area contributed by atoms with Crippen LogP contribution in [0, 0.1) is 52.7 Å². The van der Waals surface area contributed by atoms with Crippen molar-refractivity contribution < 1.29 is 13.9 Å². The van der Waals surface area contributed by atoms with Gasteiger partial charge >= 0.3 is 5.97 Å². The monoisotopic (exact) mass is 453 g/mol. The van der Waals surface area contributed by atoms with Crippen LogP contribution in [0.4, 0.5) is 4.39 Å². The average molecular weight is 454 g/mol. The first-order chi connectivity index (χ1) is 16.1. The smallest absolute Gasteiger partial charge is 0.314 e. The van der Waals surface area contributed by atoms with E-state index < -0.39 is 5.82 Å². The van der Waals surface area contributed by atoms with Crippen molar-refractivity contribution in [3.63, 3.8) is 0 Å². The number of carbonyl (C=O) groups is 1. The molecule has 0 N–H and O–H groups in total. The lowest BCUT2D eigenvalue weighted by Gasteiger charge is -2.41. The first kappa shape index (κ1) is 24.2. The summed E-state index contributed by atoms with van der Waals surface area (Å²) < 4.78 is 19.2. The zero-order valence-corrected chi connectivity index (χ0v) is 20.2. The van der Waals surface area contributed by atoms with Gasteiger partial charge in [-0.25, -0.2) is 4.39 Å². The Morgan fingerprint density at radius 1 is 0.909 bits per heavy atom. The van der Waals surface area contributed by atoms with Gasteiger partial charge in [-0.05, 0) is 106 Å². The van der Waals surface area contributed by atoms with Gasteiger partial charge in [0.1, 0.15) is 17.6 Å². The molecule has 0 aliphatic heterocycles. The van der Waals surface area contributed by atoms with Crippen LogP contribution >= 0.6 is 0 Å². The van der Waals surface area contributed by atoms with Gasteiger partial charge in [-0.15, -0.1) is 0 Å². The predicted molar refractivity (Wildman–Crippen MR) is 128 cm³/mol. The molecule has 3 fully saturated rings. The van der Waals surface area contributed by atoms with Crippen LogP contribution in [0.2, 0.25) is 0 Å². The van der Waals surface area contributed by atoms with Crippen LogP contribution in [0.15, 0.2) is 18.2 Å². The van der Waals surface area contributed by atoms with Crippen LogP contribution in [0.3, 0.4) is 0 Å². The van der Waals surface area contributed by atoms with E-state index in [4.69, 9.17) is 10.00 Å². The largest absolute Gasteiger partial charge is 0.426 e. The van der Waals surface area contributed by atoms with Crippen LogP contribution in [0.1, 0.15) is 102 Å². The third kappa shape index (κ3) is 6.17. The zero-order valence-electron chi connectivity index (χ0n) is 20.2. The molecule has 0 unspecified atom stereocenters. The third-order valence-corrected chi connectivity index (χ3v) is 9.12. The molecule has 3 nitrogen and oxygen atoms in total. The summed E-state index contributed by atoms with van der Waals surface area (Å²) >= 11 is 0. The van der Waals surface area contributed by atoms with Crippen LogP contribution in [0.5, 0.6) is 5.75 Å². The van der Waals surface area contributed by atoms with E-state index in [9.17, 15) is 9.18 Å². The molecule has 180 valence electrons. The molecule has 3 aliphatic carbocycles. The minimum atomic E-state index is -0.642. The summed E-state index contributed by atoms with van der Waals surface area (Å²) in [4.78, 5) is 12.6. The minimum absolute atomic E-state index is 0.0331. The number of carbonyl (C=O) groups excluding carboxylic acids is 1. The maximum atomic E-state index is 13.8. The lowest BCUT2D eigenvalue weighted by atomic mass is 9.65. The lowest BCUT2D eigenvalue weighted by Crippen LogP contribution is -2.31. The van der Waals surface area contributed by atoms with Crippen molar-refractivity contribution in [2.24, 2.45) is 35.5 Å². The summed E-state index contributed by atoms with van der Waals surface area (Å²) in [7, 11) is 0. The van der Waals surface area contributed by atoms with Crippen LogP contribution < -0.4 is 4.74 Å². The third-order valence-electron chi connectivity index (χ3n) is 9.12. The van der Waals surface area contributed by atoms with Crippen molar-refractivity contribution in [1.82, 2.24) is 0 Å². The number of ether oxygens (including phenoxy) is 1. The second kappa shape index (κ2) is 11.5. The van der Waals surface area contributed by atoms with Gasteiger partial charge in [-0.2, -0.15) is 5.26 Å². The zero-order chi connectivity index (χ0) is 23.2. The fourth-order valence-corrected chi connectivity index (χ4v) is 7.12. The SMILES string of the molecule is CCCC1CCC(C2CCC(C3CCC(C(=O)Oc4ccc(C#N)c(F)c4)CC3)CC2)CC1. The highest BCUT2D eigenvalue weighted by Crippen LogP contribution is 2.46. The molecule has 0 bridgehead atoms. The molecular weight excluding hydrogens is 413 g/mol. The fourth-order valence-electron chi connectivity index (χ4n) is 7.12. The molecule has 1 aromatic carbocycles. The first-order valence-electron chi connectivity index (χ1n) is 13.5. The maximum Gasteiger partial charge on any atom is 0.314 e. The molecule has 4 heteroatoms. The Hall–Kier alpha value is -1.89. The van der Waals surface area contributed by atoms with Crippen molar-refractivity contribution in [2.75, 3.05) is 0 Å². The van der Waals surface area contributed by atoms with Gasteiger partial charge in [-0.3, -0.25) is 4.79 Å².